The largest absolute Gasteiger partial charge is 0.494 e. The van der Waals surface area contributed by atoms with Crippen LogP contribution in [-0.2, 0) is 19.6 Å². The molecule has 0 bridgehead atoms. The Bertz CT molecular complexity index is 923. The Morgan fingerprint density at radius 3 is 2.21 bits per heavy atom. The van der Waals surface area contributed by atoms with E-state index in [1.54, 1.807) is 19.1 Å². The van der Waals surface area contributed by atoms with E-state index >= 15 is 0 Å². The van der Waals surface area contributed by atoms with Gasteiger partial charge in [-0.3, -0.25) is 14.5 Å². The monoisotopic (exact) mass is 404 g/mol. The standard InChI is InChI=1S/C20H24N2O5S/c1-3-27-18-9-8-15(10-13(18)2)28(25,26)21-11-14(12-21)22-19(23)16-6-4-5-7-17(16)20(22)24/h4-5,8-10,14,16-17H,3,6-7,11-12H2,1-2H3. The number of benzene rings is 1. The van der Waals surface area contributed by atoms with E-state index in [9.17, 15) is 18.0 Å². The second-order valence-electron chi connectivity index (χ2n) is 7.54. The number of ether oxygens (including phenoxy) is 1. The van der Waals surface area contributed by atoms with Gasteiger partial charge in [-0.15, -0.1) is 0 Å². The third-order valence-electron chi connectivity index (χ3n) is 5.82. The van der Waals surface area contributed by atoms with Crippen LogP contribution in [0.4, 0.5) is 0 Å². The number of aryl methyl sites for hydroxylation is 1. The number of imide groups is 1. The highest BCUT2D eigenvalue weighted by Gasteiger charge is 2.53. The topological polar surface area (TPSA) is 84.0 Å². The number of carbonyl (C=O) groups excluding carboxylic acids is 2. The average Bonchev–Trinajstić information content (AvgIpc) is 2.88. The van der Waals surface area contributed by atoms with Gasteiger partial charge in [0, 0.05) is 13.1 Å². The molecule has 0 spiro atoms. The fourth-order valence-corrected chi connectivity index (χ4v) is 5.81. The lowest BCUT2D eigenvalue weighted by atomic mass is 9.85. The summed E-state index contributed by atoms with van der Waals surface area (Å²) in [6, 6.07) is 4.42. The smallest absolute Gasteiger partial charge is 0.243 e. The molecule has 2 unspecified atom stereocenters. The number of nitrogens with zero attached hydrogens (tertiary/aromatic N) is 2. The lowest BCUT2D eigenvalue weighted by molar-refractivity contribution is -0.145. The third-order valence-corrected chi connectivity index (χ3v) is 7.65. The molecule has 8 heteroatoms. The zero-order valence-electron chi connectivity index (χ0n) is 16.0. The Balaban J connectivity index is 1.47. The summed E-state index contributed by atoms with van der Waals surface area (Å²) >= 11 is 0. The van der Waals surface area contributed by atoms with Crippen LogP contribution in [0.15, 0.2) is 35.2 Å². The molecule has 150 valence electrons. The summed E-state index contributed by atoms with van der Waals surface area (Å²) in [7, 11) is -3.66. The second kappa shape index (κ2) is 7.00. The Morgan fingerprint density at radius 2 is 1.68 bits per heavy atom. The van der Waals surface area contributed by atoms with E-state index in [2.05, 4.69) is 0 Å². The number of allylic oxidation sites excluding steroid dienone is 2. The van der Waals surface area contributed by atoms with E-state index in [-0.39, 0.29) is 47.7 Å². The fraction of sp³-hybridized carbons (Fsp3) is 0.500. The van der Waals surface area contributed by atoms with Crippen molar-refractivity contribution in [2.24, 2.45) is 11.8 Å². The highest BCUT2D eigenvalue weighted by atomic mass is 32.2. The van der Waals surface area contributed by atoms with Crippen LogP contribution in [0.25, 0.3) is 0 Å². The number of sulfonamides is 1. The molecule has 0 saturated carbocycles. The molecule has 3 aliphatic rings. The molecule has 2 atom stereocenters. The van der Waals surface area contributed by atoms with Gasteiger partial charge in [-0.2, -0.15) is 4.31 Å². The minimum absolute atomic E-state index is 0.152. The molecule has 2 saturated heterocycles. The Morgan fingerprint density at radius 1 is 1.07 bits per heavy atom. The van der Waals surface area contributed by atoms with Gasteiger partial charge < -0.3 is 4.74 Å². The first-order valence-electron chi connectivity index (χ1n) is 9.60. The van der Waals surface area contributed by atoms with Gasteiger partial charge in [0.1, 0.15) is 5.75 Å². The van der Waals surface area contributed by atoms with Crippen molar-refractivity contribution < 1.29 is 22.7 Å². The van der Waals surface area contributed by atoms with Crippen LogP contribution < -0.4 is 4.74 Å². The van der Waals surface area contributed by atoms with Gasteiger partial charge in [0.05, 0.1) is 29.4 Å². The van der Waals surface area contributed by atoms with E-state index in [0.29, 0.717) is 25.2 Å². The first kappa shape index (κ1) is 19.1. The number of amides is 2. The molecule has 1 aliphatic carbocycles. The number of carbonyl (C=O) groups is 2. The highest BCUT2D eigenvalue weighted by Crippen LogP contribution is 2.38. The maximum absolute atomic E-state index is 12.9. The van der Waals surface area contributed by atoms with E-state index in [0.717, 1.165) is 5.56 Å². The van der Waals surface area contributed by atoms with E-state index in [1.807, 2.05) is 19.1 Å². The lowest BCUT2D eigenvalue weighted by Crippen LogP contribution is -2.62. The first-order chi connectivity index (χ1) is 13.3. The number of fused-ring (bicyclic) bond motifs is 1. The summed E-state index contributed by atoms with van der Waals surface area (Å²) in [5, 5.41) is 0. The molecule has 4 rings (SSSR count). The molecular weight excluding hydrogens is 380 g/mol. The second-order valence-corrected chi connectivity index (χ2v) is 9.48. The number of rotatable bonds is 5. The lowest BCUT2D eigenvalue weighted by Gasteiger charge is -2.42. The van der Waals surface area contributed by atoms with Gasteiger partial charge in [0.25, 0.3) is 0 Å². The maximum atomic E-state index is 12.9. The van der Waals surface area contributed by atoms with Crippen molar-refractivity contribution in [2.45, 2.75) is 37.6 Å². The summed E-state index contributed by atoms with van der Waals surface area (Å²) < 4.78 is 32.6. The molecule has 2 heterocycles. The van der Waals surface area contributed by atoms with E-state index in [4.69, 9.17) is 4.74 Å². The van der Waals surface area contributed by atoms with Crippen molar-refractivity contribution in [2.75, 3.05) is 19.7 Å². The fourth-order valence-electron chi connectivity index (χ4n) is 4.21. The summed E-state index contributed by atoms with van der Waals surface area (Å²) in [6.45, 7) is 4.49. The molecule has 1 aromatic carbocycles. The van der Waals surface area contributed by atoms with Crippen LogP contribution >= 0.6 is 0 Å². The summed E-state index contributed by atoms with van der Waals surface area (Å²) in [4.78, 5) is 26.8. The van der Waals surface area contributed by atoms with Gasteiger partial charge in [0.2, 0.25) is 21.8 Å². The van der Waals surface area contributed by atoms with Crippen LogP contribution in [-0.4, -0.2) is 55.2 Å². The molecular formula is C20H24N2O5S. The molecule has 1 aromatic rings. The van der Waals surface area contributed by atoms with Crippen molar-refractivity contribution in [3.05, 3.63) is 35.9 Å². The van der Waals surface area contributed by atoms with Crippen molar-refractivity contribution in [1.82, 2.24) is 9.21 Å². The molecule has 7 nitrogen and oxygen atoms in total. The van der Waals surface area contributed by atoms with Gasteiger partial charge in [-0.05, 0) is 50.5 Å². The SMILES string of the molecule is CCOc1ccc(S(=O)(=O)N2CC(N3C(=O)C4CC=CCC4C3=O)C2)cc1C. The van der Waals surface area contributed by atoms with E-state index < -0.39 is 10.0 Å². The van der Waals surface area contributed by atoms with Crippen LogP contribution in [0.2, 0.25) is 0 Å². The summed E-state index contributed by atoms with van der Waals surface area (Å²) in [6.07, 6.45) is 5.07. The molecule has 2 fully saturated rings. The third kappa shape index (κ3) is 2.95. The predicted octanol–water partition coefficient (Wildman–Crippen LogP) is 1.72. The highest BCUT2D eigenvalue weighted by molar-refractivity contribution is 7.89. The van der Waals surface area contributed by atoms with Crippen LogP contribution in [0.3, 0.4) is 0 Å². The van der Waals surface area contributed by atoms with Crippen LogP contribution in [0.5, 0.6) is 5.75 Å². The zero-order valence-corrected chi connectivity index (χ0v) is 16.8. The minimum atomic E-state index is -3.66. The van der Waals surface area contributed by atoms with Gasteiger partial charge in [0.15, 0.2) is 0 Å². The molecule has 2 aliphatic heterocycles. The van der Waals surface area contributed by atoms with E-state index in [1.165, 1.54) is 15.3 Å². The normalized spacial score (nSPS) is 25.7. The molecule has 0 N–H and O–H groups in total. The van der Waals surface area contributed by atoms with Crippen LogP contribution in [0.1, 0.15) is 25.3 Å². The van der Waals surface area contributed by atoms with Crippen LogP contribution in [0, 0.1) is 18.8 Å². The first-order valence-corrected chi connectivity index (χ1v) is 11.0. The van der Waals surface area contributed by atoms with Gasteiger partial charge >= 0.3 is 0 Å². The summed E-state index contributed by atoms with van der Waals surface area (Å²) in [5.74, 6) is -0.210. The average molecular weight is 404 g/mol. The van der Waals surface area contributed by atoms with Crippen molar-refractivity contribution in [3.8, 4) is 5.75 Å². The Hall–Kier alpha value is -2.19. The number of hydrogen-bond donors (Lipinski definition) is 0. The predicted molar refractivity (Wildman–Crippen MR) is 102 cm³/mol. The maximum Gasteiger partial charge on any atom is 0.243 e. The van der Waals surface area contributed by atoms with Crippen molar-refractivity contribution >= 4 is 21.8 Å². The Kier molecular flexibility index (Phi) is 4.79. The summed E-state index contributed by atoms with van der Waals surface area (Å²) in [5.41, 5.74) is 0.751. The minimum Gasteiger partial charge on any atom is -0.494 e. The number of hydrogen-bond acceptors (Lipinski definition) is 5. The molecule has 0 radical (unpaired) electrons. The van der Waals surface area contributed by atoms with Crippen molar-refractivity contribution in [3.63, 3.8) is 0 Å². The molecule has 2 amide bonds. The number of likely N-dealkylation sites (tertiary alicyclic amines) is 1. The molecule has 0 aromatic heterocycles. The van der Waals surface area contributed by atoms with Gasteiger partial charge in [-0.1, -0.05) is 12.2 Å². The molecule has 28 heavy (non-hydrogen) atoms. The van der Waals surface area contributed by atoms with Gasteiger partial charge in [-0.25, -0.2) is 8.42 Å². The quantitative estimate of drug-likeness (QED) is 0.551. The van der Waals surface area contributed by atoms with Crippen molar-refractivity contribution in [1.29, 1.82) is 0 Å². The zero-order chi connectivity index (χ0) is 20.1. The Labute approximate surface area is 165 Å².